The highest BCUT2D eigenvalue weighted by molar-refractivity contribution is 7.11. The average molecular weight is 320 g/mol. The van der Waals surface area contributed by atoms with Crippen LogP contribution < -0.4 is 9.47 Å². The predicted octanol–water partition coefficient (Wildman–Crippen LogP) is 1.54. The summed E-state index contributed by atoms with van der Waals surface area (Å²) in [6.07, 6.45) is 0.706. The summed E-state index contributed by atoms with van der Waals surface area (Å²) in [6.45, 7) is 3.06. The van der Waals surface area contributed by atoms with Crippen molar-refractivity contribution in [2.45, 2.75) is 19.4 Å². The van der Waals surface area contributed by atoms with Crippen LogP contribution in [0.25, 0.3) is 0 Å². The van der Waals surface area contributed by atoms with Crippen LogP contribution in [0.2, 0.25) is 0 Å². The molecule has 0 aromatic carbocycles. The highest BCUT2D eigenvalue weighted by Crippen LogP contribution is 2.21. The first-order valence-corrected chi connectivity index (χ1v) is 7.79. The largest absolute Gasteiger partial charge is 0.480 e. The summed E-state index contributed by atoms with van der Waals surface area (Å²) in [6, 6.07) is 3.41. The fraction of sp³-hybridized carbons (Fsp3) is 0.429. The summed E-state index contributed by atoms with van der Waals surface area (Å²) >= 11 is 1.37. The van der Waals surface area contributed by atoms with Gasteiger partial charge in [0.05, 0.1) is 24.9 Å². The number of carbonyl (C=O) groups is 1. The molecule has 0 unspecified atom stereocenters. The Morgan fingerprint density at radius 3 is 2.77 bits per heavy atom. The van der Waals surface area contributed by atoms with Gasteiger partial charge in [-0.2, -0.15) is 0 Å². The first-order chi connectivity index (χ1) is 10.7. The van der Waals surface area contributed by atoms with Gasteiger partial charge in [0.1, 0.15) is 11.0 Å². The second-order valence-electron chi connectivity index (χ2n) is 4.96. The molecule has 8 heteroatoms. The van der Waals surface area contributed by atoms with E-state index < -0.39 is 0 Å². The quantitative estimate of drug-likeness (QED) is 0.850. The second kappa shape index (κ2) is 6.27. The molecule has 1 aliphatic heterocycles. The van der Waals surface area contributed by atoms with Gasteiger partial charge in [-0.25, -0.2) is 4.98 Å². The highest BCUT2D eigenvalue weighted by atomic mass is 32.1. The minimum absolute atomic E-state index is 0.0203. The van der Waals surface area contributed by atoms with E-state index in [1.165, 1.54) is 18.4 Å². The fourth-order valence-electron chi connectivity index (χ4n) is 2.31. The molecule has 116 valence electrons. The van der Waals surface area contributed by atoms with Crippen molar-refractivity contribution in [2.24, 2.45) is 0 Å². The molecule has 2 aromatic rings. The Kier molecular flexibility index (Phi) is 4.19. The van der Waals surface area contributed by atoms with Gasteiger partial charge in [-0.3, -0.25) is 4.79 Å². The third-order valence-corrected chi connectivity index (χ3v) is 4.40. The van der Waals surface area contributed by atoms with E-state index in [1.54, 1.807) is 22.5 Å². The summed E-state index contributed by atoms with van der Waals surface area (Å²) in [5.41, 5.74) is 2.47. The van der Waals surface area contributed by atoms with Crippen LogP contribution in [0.4, 0.5) is 0 Å². The summed E-state index contributed by atoms with van der Waals surface area (Å²) < 4.78 is 10.7. The van der Waals surface area contributed by atoms with Crippen molar-refractivity contribution in [3.8, 4) is 11.8 Å². The van der Waals surface area contributed by atoms with Gasteiger partial charge >= 0.3 is 0 Å². The summed E-state index contributed by atoms with van der Waals surface area (Å²) in [5, 5.41) is 7.80. The Morgan fingerprint density at radius 2 is 2.14 bits per heavy atom. The predicted molar refractivity (Wildman–Crippen MR) is 80.4 cm³/mol. The molecule has 0 spiro atoms. The van der Waals surface area contributed by atoms with Crippen LogP contribution in [0.3, 0.4) is 0 Å². The van der Waals surface area contributed by atoms with Crippen LogP contribution in [0, 0.1) is 6.92 Å². The van der Waals surface area contributed by atoms with Crippen LogP contribution in [0.15, 0.2) is 17.6 Å². The molecule has 2 aromatic heterocycles. The molecular formula is C14H16N4O3S. The van der Waals surface area contributed by atoms with Gasteiger partial charge in [0.25, 0.3) is 5.91 Å². The zero-order chi connectivity index (χ0) is 15.5. The maximum atomic E-state index is 12.4. The number of nitrogens with zero attached hydrogens (tertiary/aromatic N) is 4. The number of amides is 1. The van der Waals surface area contributed by atoms with E-state index in [0.717, 1.165) is 12.1 Å². The van der Waals surface area contributed by atoms with Gasteiger partial charge in [-0.05, 0) is 6.92 Å². The lowest BCUT2D eigenvalue weighted by molar-refractivity contribution is 0.0774. The van der Waals surface area contributed by atoms with Gasteiger partial charge in [-0.1, -0.05) is 0 Å². The number of carbonyl (C=O) groups excluding carboxylic acids is 1. The number of hydrogen-bond donors (Lipinski definition) is 0. The lowest BCUT2D eigenvalue weighted by atomic mass is 10.3. The monoisotopic (exact) mass is 320 g/mol. The van der Waals surface area contributed by atoms with Gasteiger partial charge in [0.15, 0.2) is 0 Å². The molecule has 0 radical (unpaired) electrons. The Morgan fingerprint density at radius 1 is 1.36 bits per heavy atom. The third-order valence-electron chi connectivity index (χ3n) is 3.48. The molecular weight excluding hydrogens is 304 g/mol. The summed E-state index contributed by atoms with van der Waals surface area (Å²) in [5.74, 6) is 0.900. The number of ether oxygens (including phenoxy) is 2. The number of aryl methyl sites for hydroxylation is 1. The zero-order valence-electron chi connectivity index (χ0n) is 12.4. The summed E-state index contributed by atoms with van der Waals surface area (Å²) in [7, 11) is 1.53. The van der Waals surface area contributed by atoms with E-state index >= 15 is 0 Å². The number of likely N-dealkylation sites (tertiary alicyclic amines) is 1. The van der Waals surface area contributed by atoms with Crippen molar-refractivity contribution in [1.82, 2.24) is 20.1 Å². The first-order valence-electron chi connectivity index (χ1n) is 6.91. The Balaban J connectivity index is 1.60. The molecule has 22 heavy (non-hydrogen) atoms. The standard InChI is InChI=1S/C14H16N4O3S/c1-9-13(22-8-15-9)14(19)18-6-5-10(7-18)21-12-4-3-11(20-2)16-17-12/h3-4,8,10H,5-7H2,1-2H3/t10-/m0/s1. The van der Waals surface area contributed by atoms with Crippen molar-refractivity contribution >= 4 is 17.2 Å². The number of rotatable bonds is 4. The Hall–Kier alpha value is -2.22. The van der Waals surface area contributed by atoms with Crippen molar-refractivity contribution < 1.29 is 14.3 Å². The average Bonchev–Trinajstić information content (AvgIpc) is 3.16. The minimum Gasteiger partial charge on any atom is -0.480 e. The number of hydrogen-bond acceptors (Lipinski definition) is 7. The molecule has 0 aliphatic carbocycles. The fourth-order valence-corrected chi connectivity index (χ4v) is 3.08. The van der Waals surface area contributed by atoms with Crippen molar-refractivity contribution in [3.05, 3.63) is 28.2 Å². The molecule has 1 aliphatic rings. The van der Waals surface area contributed by atoms with E-state index in [9.17, 15) is 4.79 Å². The Bertz CT molecular complexity index is 658. The zero-order valence-corrected chi connectivity index (χ0v) is 13.2. The molecule has 3 rings (SSSR count). The van der Waals surface area contributed by atoms with Crippen molar-refractivity contribution in [2.75, 3.05) is 20.2 Å². The van der Waals surface area contributed by atoms with Gasteiger partial charge in [0.2, 0.25) is 11.8 Å². The molecule has 0 bridgehead atoms. The van der Waals surface area contributed by atoms with Crippen molar-refractivity contribution in [3.63, 3.8) is 0 Å². The van der Waals surface area contributed by atoms with Gasteiger partial charge in [-0.15, -0.1) is 21.5 Å². The first kappa shape index (κ1) is 14.7. The van der Waals surface area contributed by atoms with Crippen LogP contribution in [0.5, 0.6) is 11.8 Å². The highest BCUT2D eigenvalue weighted by Gasteiger charge is 2.30. The SMILES string of the molecule is COc1ccc(O[C@H]2CCN(C(=O)c3scnc3C)C2)nn1. The number of methoxy groups -OCH3 is 1. The minimum atomic E-state index is -0.0696. The van der Waals surface area contributed by atoms with E-state index in [0.29, 0.717) is 29.7 Å². The molecule has 0 saturated carbocycles. The van der Waals surface area contributed by atoms with E-state index in [-0.39, 0.29) is 12.0 Å². The van der Waals surface area contributed by atoms with Gasteiger partial charge < -0.3 is 14.4 Å². The molecule has 1 saturated heterocycles. The summed E-state index contributed by atoms with van der Waals surface area (Å²) in [4.78, 5) is 19.0. The van der Waals surface area contributed by atoms with Crippen LogP contribution in [0.1, 0.15) is 21.8 Å². The second-order valence-corrected chi connectivity index (χ2v) is 5.82. The normalized spacial score (nSPS) is 17.5. The molecule has 0 N–H and O–H groups in total. The maximum absolute atomic E-state index is 12.4. The van der Waals surface area contributed by atoms with E-state index in [1.807, 2.05) is 6.92 Å². The van der Waals surface area contributed by atoms with Crippen LogP contribution in [-0.2, 0) is 0 Å². The van der Waals surface area contributed by atoms with E-state index in [2.05, 4.69) is 15.2 Å². The maximum Gasteiger partial charge on any atom is 0.265 e. The lowest BCUT2D eigenvalue weighted by Crippen LogP contribution is -2.30. The molecule has 1 fully saturated rings. The number of aromatic nitrogens is 3. The molecule has 7 nitrogen and oxygen atoms in total. The van der Waals surface area contributed by atoms with Crippen molar-refractivity contribution in [1.29, 1.82) is 0 Å². The van der Waals surface area contributed by atoms with Gasteiger partial charge in [0, 0.05) is 25.1 Å². The molecule has 1 amide bonds. The van der Waals surface area contributed by atoms with E-state index in [4.69, 9.17) is 9.47 Å². The van der Waals surface area contributed by atoms with Crippen LogP contribution in [-0.4, -0.2) is 52.3 Å². The topological polar surface area (TPSA) is 77.4 Å². The molecule has 1 atom stereocenters. The lowest BCUT2D eigenvalue weighted by Gasteiger charge is -2.16. The third kappa shape index (κ3) is 3.01. The smallest absolute Gasteiger partial charge is 0.265 e. The van der Waals surface area contributed by atoms with Crippen LogP contribution >= 0.6 is 11.3 Å². The molecule has 3 heterocycles. The Labute approximate surface area is 131 Å². The number of thiazole rings is 1.